The molecule has 3 nitrogen and oxygen atoms in total. The maximum Gasteiger partial charge on any atom is 0.120 e. The molecule has 0 saturated heterocycles. The monoisotopic (exact) mass is 258 g/mol. The second kappa shape index (κ2) is 7.56. The average molecular weight is 258 g/mol. The summed E-state index contributed by atoms with van der Waals surface area (Å²) in [6.07, 6.45) is 0. The molecule has 0 radical (unpaired) electrons. The van der Waals surface area contributed by atoms with Crippen molar-refractivity contribution < 1.29 is 14.6 Å². The van der Waals surface area contributed by atoms with Crippen LogP contribution in [0.4, 0.5) is 0 Å². The normalized spacial score (nSPS) is 10.4. The van der Waals surface area contributed by atoms with Gasteiger partial charge in [0.2, 0.25) is 0 Å². The van der Waals surface area contributed by atoms with Gasteiger partial charge in [-0.3, -0.25) is 0 Å². The second-order valence-electron chi connectivity index (χ2n) is 4.08. The molecule has 0 spiro atoms. The number of benzene rings is 2. The van der Waals surface area contributed by atoms with Crippen molar-refractivity contribution in [2.75, 3.05) is 26.4 Å². The lowest BCUT2D eigenvalue weighted by Gasteiger charge is -2.08. The summed E-state index contributed by atoms with van der Waals surface area (Å²) < 4.78 is 10.8. The van der Waals surface area contributed by atoms with Crippen molar-refractivity contribution in [1.82, 2.24) is 0 Å². The fraction of sp³-hybridized carbons (Fsp3) is 0.250. The summed E-state index contributed by atoms with van der Waals surface area (Å²) in [6, 6.07) is 18.2. The molecule has 100 valence electrons. The Kier molecular flexibility index (Phi) is 5.41. The second-order valence-corrected chi connectivity index (χ2v) is 4.08. The number of aliphatic hydroxyl groups is 1. The zero-order valence-corrected chi connectivity index (χ0v) is 10.8. The Morgan fingerprint density at radius 3 is 2.37 bits per heavy atom. The summed E-state index contributed by atoms with van der Waals surface area (Å²) in [5.41, 5.74) is 2.30. The molecule has 2 aromatic carbocycles. The summed E-state index contributed by atoms with van der Waals surface area (Å²) in [7, 11) is 0. The molecule has 1 N–H and O–H groups in total. The first kappa shape index (κ1) is 13.6. The van der Waals surface area contributed by atoms with Crippen LogP contribution >= 0.6 is 0 Å². The molecule has 19 heavy (non-hydrogen) atoms. The molecule has 3 heteroatoms. The number of hydrogen-bond donors (Lipinski definition) is 1. The number of rotatable bonds is 7. The highest BCUT2D eigenvalue weighted by atomic mass is 16.5. The van der Waals surface area contributed by atoms with E-state index in [1.807, 2.05) is 36.4 Å². The SMILES string of the molecule is OCCOCCOc1cccc(-c2ccccc2)c1. The summed E-state index contributed by atoms with van der Waals surface area (Å²) in [4.78, 5) is 0. The summed E-state index contributed by atoms with van der Waals surface area (Å²) in [5, 5.41) is 8.58. The van der Waals surface area contributed by atoms with E-state index in [2.05, 4.69) is 18.2 Å². The fourth-order valence-electron chi connectivity index (χ4n) is 1.78. The maximum atomic E-state index is 8.58. The molecule has 0 aliphatic heterocycles. The third-order valence-electron chi connectivity index (χ3n) is 2.67. The molecule has 2 rings (SSSR count). The van der Waals surface area contributed by atoms with Gasteiger partial charge < -0.3 is 14.6 Å². The highest BCUT2D eigenvalue weighted by Crippen LogP contribution is 2.23. The minimum absolute atomic E-state index is 0.0451. The van der Waals surface area contributed by atoms with E-state index in [4.69, 9.17) is 14.6 Å². The van der Waals surface area contributed by atoms with Crippen LogP contribution in [0.3, 0.4) is 0 Å². The van der Waals surface area contributed by atoms with E-state index in [9.17, 15) is 0 Å². The largest absolute Gasteiger partial charge is 0.491 e. The third kappa shape index (κ3) is 4.39. The van der Waals surface area contributed by atoms with E-state index >= 15 is 0 Å². The van der Waals surface area contributed by atoms with Gasteiger partial charge in [-0.25, -0.2) is 0 Å². The predicted octanol–water partition coefficient (Wildman–Crippen LogP) is 2.74. The molecule has 0 heterocycles. The Labute approximate surface area is 113 Å². The van der Waals surface area contributed by atoms with E-state index < -0.39 is 0 Å². The highest BCUT2D eigenvalue weighted by Gasteiger charge is 1.99. The van der Waals surface area contributed by atoms with E-state index in [1.54, 1.807) is 0 Å². The van der Waals surface area contributed by atoms with Gasteiger partial charge in [-0.05, 0) is 23.3 Å². The summed E-state index contributed by atoms with van der Waals surface area (Å²) in [5.74, 6) is 0.828. The Morgan fingerprint density at radius 2 is 1.58 bits per heavy atom. The molecule has 0 aliphatic rings. The van der Waals surface area contributed by atoms with Crippen LogP contribution in [0.1, 0.15) is 0 Å². The molecular formula is C16H18O3. The van der Waals surface area contributed by atoms with Crippen molar-refractivity contribution in [2.45, 2.75) is 0 Å². The Balaban J connectivity index is 1.92. The smallest absolute Gasteiger partial charge is 0.120 e. The highest BCUT2D eigenvalue weighted by molar-refractivity contribution is 5.64. The standard InChI is InChI=1S/C16H18O3/c17-9-10-18-11-12-19-16-8-4-7-15(13-16)14-5-2-1-3-6-14/h1-8,13,17H,9-12H2. The first-order chi connectivity index (χ1) is 9.40. The molecule has 2 aromatic rings. The van der Waals surface area contributed by atoms with Gasteiger partial charge in [-0.1, -0.05) is 42.5 Å². The van der Waals surface area contributed by atoms with Crippen LogP contribution in [0.25, 0.3) is 11.1 Å². The molecule has 0 amide bonds. The Morgan fingerprint density at radius 1 is 0.789 bits per heavy atom. The molecule has 0 saturated carbocycles. The average Bonchev–Trinajstić information content (AvgIpc) is 2.48. The zero-order chi connectivity index (χ0) is 13.3. The van der Waals surface area contributed by atoms with Crippen molar-refractivity contribution in [3.05, 3.63) is 54.6 Å². The first-order valence-electron chi connectivity index (χ1n) is 6.37. The lowest BCUT2D eigenvalue weighted by Crippen LogP contribution is -2.09. The number of ether oxygens (including phenoxy) is 2. The van der Waals surface area contributed by atoms with Crippen molar-refractivity contribution >= 4 is 0 Å². The van der Waals surface area contributed by atoms with Gasteiger partial charge in [0.25, 0.3) is 0 Å². The van der Waals surface area contributed by atoms with Crippen molar-refractivity contribution in [3.8, 4) is 16.9 Å². The van der Waals surface area contributed by atoms with E-state index in [1.165, 1.54) is 5.56 Å². The van der Waals surface area contributed by atoms with Crippen molar-refractivity contribution in [3.63, 3.8) is 0 Å². The molecule has 0 fully saturated rings. The van der Waals surface area contributed by atoms with E-state index in [0.717, 1.165) is 11.3 Å². The Hall–Kier alpha value is -1.84. The molecular weight excluding hydrogens is 240 g/mol. The first-order valence-corrected chi connectivity index (χ1v) is 6.37. The topological polar surface area (TPSA) is 38.7 Å². The van der Waals surface area contributed by atoms with Gasteiger partial charge in [0.1, 0.15) is 12.4 Å². The third-order valence-corrected chi connectivity index (χ3v) is 2.67. The summed E-state index contributed by atoms with van der Waals surface area (Å²) >= 11 is 0. The minimum Gasteiger partial charge on any atom is -0.491 e. The van der Waals surface area contributed by atoms with Gasteiger partial charge in [0.05, 0.1) is 19.8 Å². The van der Waals surface area contributed by atoms with Gasteiger partial charge in [-0.2, -0.15) is 0 Å². The lowest BCUT2D eigenvalue weighted by molar-refractivity contribution is 0.0705. The van der Waals surface area contributed by atoms with E-state index in [-0.39, 0.29) is 6.61 Å². The van der Waals surface area contributed by atoms with Crippen molar-refractivity contribution in [2.24, 2.45) is 0 Å². The fourth-order valence-corrected chi connectivity index (χ4v) is 1.78. The van der Waals surface area contributed by atoms with Crippen LogP contribution in [0, 0.1) is 0 Å². The van der Waals surface area contributed by atoms with Crippen molar-refractivity contribution in [1.29, 1.82) is 0 Å². The molecule has 0 bridgehead atoms. The summed E-state index contributed by atoms with van der Waals surface area (Å²) in [6.45, 7) is 1.37. The van der Waals surface area contributed by atoms with Gasteiger partial charge >= 0.3 is 0 Å². The number of hydrogen-bond acceptors (Lipinski definition) is 3. The molecule has 0 aromatic heterocycles. The maximum absolute atomic E-state index is 8.58. The molecule has 0 unspecified atom stereocenters. The van der Waals surface area contributed by atoms with Crippen LogP contribution in [0.15, 0.2) is 54.6 Å². The minimum atomic E-state index is 0.0451. The quantitative estimate of drug-likeness (QED) is 0.776. The van der Waals surface area contributed by atoms with Gasteiger partial charge in [0.15, 0.2) is 0 Å². The molecule has 0 atom stereocenters. The van der Waals surface area contributed by atoms with Crippen LogP contribution in [0.5, 0.6) is 5.75 Å². The van der Waals surface area contributed by atoms with Gasteiger partial charge in [-0.15, -0.1) is 0 Å². The van der Waals surface area contributed by atoms with E-state index in [0.29, 0.717) is 19.8 Å². The van der Waals surface area contributed by atoms with Gasteiger partial charge in [0, 0.05) is 0 Å². The number of aliphatic hydroxyl groups excluding tert-OH is 1. The Bertz CT molecular complexity index is 482. The van der Waals surface area contributed by atoms with Crippen LogP contribution in [0.2, 0.25) is 0 Å². The predicted molar refractivity (Wildman–Crippen MR) is 75.3 cm³/mol. The van der Waals surface area contributed by atoms with Crippen LogP contribution in [-0.4, -0.2) is 31.5 Å². The zero-order valence-electron chi connectivity index (χ0n) is 10.8. The van der Waals surface area contributed by atoms with Crippen LogP contribution < -0.4 is 4.74 Å². The van der Waals surface area contributed by atoms with Crippen LogP contribution in [-0.2, 0) is 4.74 Å². The molecule has 0 aliphatic carbocycles. The lowest BCUT2D eigenvalue weighted by atomic mass is 10.1.